The second-order valence-corrected chi connectivity index (χ2v) is 30.9. The molecule has 0 unspecified atom stereocenters. The molecule has 10 rings (SSSR count). The molecule has 0 saturated heterocycles. The summed E-state index contributed by atoms with van der Waals surface area (Å²) in [6.45, 7) is 23.4. The summed E-state index contributed by atoms with van der Waals surface area (Å²) in [6, 6.07) is 49.1. The van der Waals surface area contributed by atoms with Gasteiger partial charge in [0.05, 0.1) is 23.7 Å². The third kappa shape index (κ3) is 35.9. The Hall–Kier alpha value is -8.12. The van der Waals surface area contributed by atoms with Gasteiger partial charge in [0.2, 0.25) is 0 Å². The van der Waals surface area contributed by atoms with Crippen LogP contribution in [0.1, 0.15) is 295 Å². The van der Waals surface area contributed by atoms with E-state index in [4.69, 9.17) is 18.9 Å². The smallest absolute Gasteiger partial charge is 0.314 e. The predicted octanol–water partition coefficient (Wildman–Crippen LogP) is 23.3. The molecule has 0 bridgehead atoms. The lowest BCUT2D eigenvalue weighted by Crippen LogP contribution is -2.30. The summed E-state index contributed by atoms with van der Waals surface area (Å²) in [7, 11) is 0. The second kappa shape index (κ2) is 51.3. The molecule has 6 aromatic carbocycles. The minimum atomic E-state index is -0.218. The molecule has 588 valence electrons. The quantitative estimate of drug-likeness (QED) is 0.0336. The number of esters is 4. The Balaban J connectivity index is 0.000000297. The van der Waals surface area contributed by atoms with Gasteiger partial charge in [-0.2, -0.15) is 0 Å². The summed E-state index contributed by atoms with van der Waals surface area (Å²) in [5.41, 5.74) is 10.2. The summed E-state index contributed by atoms with van der Waals surface area (Å²) < 4.78 is 22.9. The first-order valence-electron chi connectivity index (χ1n) is 41.4. The summed E-state index contributed by atoms with van der Waals surface area (Å²) in [5, 5.41) is 0. The topological polar surface area (TPSA) is 173 Å². The molecule has 0 aromatic heterocycles. The molecule has 0 heterocycles. The van der Waals surface area contributed by atoms with E-state index in [2.05, 4.69) is 100 Å². The Morgan fingerprint density at radius 1 is 0.250 bits per heavy atom. The van der Waals surface area contributed by atoms with E-state index in [-0.39, 0.29) is 70.7 Å². The maximum absolute atomic E-state index is 12.9. The average Bonchev–Trinajstić information content (AvgIpc) is 0.849. The number of benzene rings is 6. The highest BCUT2D eigenvalue weighted by atomic mass is 16.5. The van der Waals surface area contributed by atoms with Crippen LogP contribution in [0.25, 0.3) is 0 Å². The van der Waals surface area contributed by atoms with Gasteiger partial charge in [0.1, 0.15) is 46.1 Å². The highest BCUT2D eigenvalue weighted by Crippen LogP contribution is 2.37. The number of carbonyl (C=O) groups excluding carboxylic acids is 8. The molecule has 4 aliphatic rings. The third-order valence-electron chi connectivity index (χ3n) is 21.6. The van der Waals surface area contributed by atoms with E-state index in [9.17, 15) is 38.4 Å². The van der Waals surface area contributed by atoms with Crippen molar-refractivity contribution in [2.24, 2.45) is 47.3 Å². The molecule has 4 saturated carbocycles. The van der Waals surface area contributed by atoms with E-state index in [1.165, 1.54) is 109 Å². The first-order valence-corrected chi connectivity index (χ1v) is 41.4. The molecule has 0 radical (unpaired) electrons. The van der Waals surface area contributed by atoms with Gasteiger partial charge >= 0.3 is 23.9 Å². The molecular formula is C96H132O12. The zero-order valence-electron chi connectivity index (χ0n) is 68.0. The molecule has 12 heteroatoms. The number of hydrogen-bond acceptors (Lipinski definition) is 12. The summed E-state index contributed by atoms with van der Waals surface area (Å²) in [4.78, 5) is 91.6. The van der Waals surface area contributed by atoms with Gasteiger partial charge in [-0.3, -0.25) is 19.2 Å². The molecule has 6 aromatic rings. The second-order valence-electron chi connectivity index (χ2n) is 30.9. The average molecular weight is 1480 g/mol. The van der Waals surface area contributed by atoms with Crippen LogP contribution >= 0.6 is 0 Å². The first-order chi connectivity index (χ1) is 52.0. The van der Waals surface area contributed by atoms with Crippen molar-refractivity contribution in [2.45, 2.75) is 289 Å². The maximum atomic E-state index is 12.9. The summed E-state index contributed by atoms with van der Waals surface area (Å²) in [5.74, 6) is 5.43. The number of aryl methyl sites for hydroxylation is 2. The zero-order valence-corrected chi connectivity index (χ0v) is 68.0. The number of rotatable bonds is 28. The standard InChI is InChI=1S/C38H52O4.C38H40O4.4C5H10O/c2*1-3-27-5-9-29(10-6-27)25-31-13-21-35(22-14-31)41-37(39)33-17-19-34(20-18-33)38(40)42-36-23-15-32(16-24-36)26-30-11-7-28(4-2)8-12-30;4*1-3-4-5(2)6/h13-16,21-24,27-30,33-34H,3-12,17-20,25-26H2,1-2H3;5-16,21-24,33-34H,3-4,17-20,25-26H2,1-2H3;4*3-4H2,1-2H3. The largest absolute Gasteiger partial charge is 0.426 e. The molecule has 108 heavy (non-hydrogen) atoms. The van der Waals surface area contributed by atoms with E-state index in [0.29, 0.717) is 74.4 Å². The van der Waals surface area contributed by atoms with Crippen molar-refractivity contribution in [1.82, 2.24) is 0 Å². The Kier molecular flexibility index (Phi) is 43.0. The molecule has 0 atom stereocenters. The van der Waals surface area contributed by atoms with Crippen LogP contribution in [0.15, 0.2) is 146 Å². The molecule has 0 spiro atoms. The minimum absolute atomic E-state index is 0.158. The normalized spacial score (nSPS) is 19.2. The van der Waals surface area contributed by atoms with Crippen LogP contribution in [0.3, 0.4) is 0 Å². The van der Waals surface area contributed by atoms with Crippen molar-refractivity contribution < 1.29 is 57.3 Å². The van der Waals surface area contributed by atoms with Crippen LogP contribution < -0.4 is 18.9 Å². The van der Waals surface area contributed by atoms with Gasteiger partial charge in [0.15, 0.2) is 0 Å². The third-order valence-corrected chi connectivity index (χ3v) is 21.6. The van der Waals surface area contributed by atoms with Crippen molar-refractivity contribution >= 4 is 47.0 Å². The fourth-order valence-corrected chi connectivity index (χ4v) is 14.7. The van der Waals surface area contributed by atoms with Gasteiger partial charge in [-0.1, -0.05) is 191 Å². The monoisotopic (exact) mass is 1480 g/mol. The Morgan fingerprint density at radius 2 is 0.435 bits per heavy atom. The van der Waals surface area contributed by atoms with E-state index >= 15 is 0 Å². The van der Waals surface area contributed by atoms with Crippen LogP contribution in [0.4, 0.5) is 0 Å². The van der Waals surface area contributed by atoms with Gasteiger partial charge in [0, 0.05) is 25.7 Å². The fourth-order valence-electron chi connectivity index (χ4n) is 14.7. The van der Waals surface area contributed by atoms with Gasteiger partial charge in [-0.25, -0.2) is 0 Å². The van der Waals surface area contributed by atoms with Gasteiger partial charge in [-0.15, -0.1) is 0 Å². The van der Waals surface area contributed by atoms with E-state index in [1.54, 1.807) is 27.7 Å². The van der Waals surface area contributed by atoms with E-state index in [1.807, 2.05) is 100 Å². The number of carbonyl (C=O) groups is 8. The van der Waals surface area contributed by atoms with Gasteiger partial charge in [0.25, 0.3) is 0 Å². The highest BCUT2D eigenvalue weighted by Gasteiger charge is 2.34. The molecule has 12 nitrogen and oxygen atoms in total. The number of ether oxygens (including phenoxy) is 4. The van der Waals surface area contributed by atoms with Gasteiger partial charge in [-0.05, 0) is 286 Å². The van der Waals surface area contributed by atoms with Crippen molar-refractivity contribution in [3.05, 3.63) is 190 Å². The summed E-state index contributed by atoms with van der Waals surface area (Å²) in [6.07, 6.45) is 31.4. The van der Waals surface area contributed by atoms with Crippen LogP contribution in [-0.4, -0.2) is 47.0 Å². The molecule has 0 amide bonds. The highest BCUT2D eigenvalue weighted by molar-refractivity contribution is 5.79. The minimum Gasteiger partial charge on any atom is -0.426 e. The Labute approximate surface area is 649 Å². The van der Waals surface area contributed by atoms with Gasteiger partial charge < -0.3 is 38.1 Å². The van der Waals surface area contributed by atoms with Crippen LogP contribution in [0, 0.1) is 47.3 Å². The summed E-state index contributed by atoms with van der Waals surface area (Å²) >= 11 is 0. The SMILES string of the molecule is CCC1CCC(Cc2ccc(OC(=O)C3CCC(C(=O)Oc4ccc(CC5CCC(CC)CC5)cc4)CC3)cc2)CC1.CCCC(C)=O.CCCC(C)=O.CCCC(C)=O.CCCC(C)=O.CCc1ccc(Cc2ccc(OC(=O)C3CCC(C(=O)Oc4ccc(Cc5ccc(CC)cc5)cc4)CC3)cc2)cc1. The molecule has 0 aliphatic heterocycles. The number of Topliss-reactive ketones (excluding diaryl/α,β-unsaturated/α-hetero) is 4. The van der Waals surface area contributed by atoms with Crippen LogP contribution in [-0.2, 0) is 76.9 Å². The molecule has 4 aliphatic carbocycles. The Bertz CT molecular complexity index is 3290. The van der Waals surface area contributed by atoms with E-state index in [0.717, 1.165) is 114 Å². The molecular weight excluding hydrogens is 1350 g/mol. The van der Waals surface area contributed by atoms with Crippen LogP contribution in [0.2, 0.25) is 0 Å². The van der Waals surface area contributed by atoms with Crippen molar-refractivity contribution in [3.8, 4) is 23.0 Å². The van der Waals surface area contributed by atoms with Crippen LogP contribution in [0.5, 0.6) is 23.0 Å². The lowest BCUT2D eigenvalue weighted by molar-refractivity contribution is -0.145. The first kappa shape index (κ1) is 90.5. The lowest BCUT2D eigenvalue weighted by atomic mass is 9.78. The lowest BCUT2D eigenvalue weighted by Gasteiger charge is -2.28. The van der Waals surface area contributed by atoms with Crippen molar-refractivity contribution in [2.75, 3.05) is 0 Å². The van der Waals surface area contributed by atoms with Crippen molar-refractivity contribution in [3.63, 3.8) is 0 Å². The number of ketones is 4. The van der Waals surface area contributed by atoms with Crippen molar-refractivity contribution in [1.29, 1.82) is 0 Å². The maximum Gasteiger partial charge on any atom is 0.314 e. The fraction of sp³-hybridized carbons (Fsp3) is 0.542. The molecule has 4 fully saturated rings. The molecule has 0 N–H and O–H groups in total. The predicted molar refractivity (Wildman–Crippen MR) is 438 cm³/mol. The van der Waals surface area contributed by atoms with E-state index < -0.39 is 0 Å². The number of hydrogen-bond donors (Lipinski definition) is 0. The Morgan fingerprint density at radius 3 is 0.611 bits per heavy atom. The zero-order chi connectivity index (χ0) is 78.6.